The van der Waals surface area contributed by atoms with E-state index in [-0.39, 0.29) is 11.8 Å². The van der Waals surface area contributed by atoms with Crippen LogP contribution in [0.25, 0.3) is 0 Å². The van der Waals surface area contributed by atoms with Gasteiger partial charge in [0.25, 0.3) is 0 Å². The Kier molecular flexibility index (Phi) is 3.84. The van der Waals surface area contributed by atoms with E-state index in [9.17, 15) is 4.39 Å². The van der Waals surface area contributed by atoms with Crippen LogP contribution in [-0.4, -0.2) is 0 Å². The molecule has 0 bridgehead atoms. The average molecular weight is 266 g/mol. The first-order valence-corrected chi connectivity index (χ1v) is 5.93. The molecule has 0 aliphatic heterocycles. The summed E-state index contributed by atoms with van der Waals surface area (Å²) in [4.78, 5) is 0. The number of benzene rings is 2. The van der Waals surface area contributed by atoms with Crippen molar-refractivity contribution in [3.8, 4) is 11.5 Å². The van der Waals surface area contributed by atoms with Crippen molar-refractivity contribution in [2.24, 2.45) is 5.73 Å². The van der Waals surface area contributed by atoms with Crippen LogP contribution in [-0.2, 0) is 0 Å². The lowest BCUT2D eigenvalue weighted by atomic mass is 10.1. The number of halogens is 2. The van der Waals surface area contributed by atoms with Crippen LogP contribution in [0.2, 0.25) is 5.02 Å². The Morgan fingerprint density at radius 1 is 1.17 bits per heavy atom. The second-order valence-corrected chi connectivity index (χ2v) is 4.44. The van der Waals surface area contributed by atoms with Gasteiger partial charge in [0.05, 0.1) is 0 Å². The highest BCUT2D eigenvalue weighted by atomic mass is 35.5. The van der Waals surface area contributed by atoms with Crippen molar-refractivity contribution >= 4 is 11.6 Å². The number of para-hydroxylation sites is 1. The van der Waals surface area contributed by atoms with Crippen LogP contribution in [0.3, 0.4) is 0 Å². The van der Waals surface area contributed by atoms with Gasteiger partial charge in [0.2, 0.25) is 0 Å². The summed E-state index contributed by atoms with van der Waals surface area (Å²) in [6.45, 7) is 1.78. The third-order valence-electron chi connectivity index (χ3n) is 2.52. The third-order valence-corrected chi connectivity index (χ3v) is 2.77. The molecule has 2 aromatic carbocycles. The van der Waals surface area contributed by atoms with Crippen molar-refractivity contribution in [2.75, 3.05) is 0 Å². The standard InChI is InChI=1S/C14H13ClFNO/c1-9(17)12-3-2-4-13(16)14(12)18-11-7-5-10(15)6-8-11/h2-9H,17H2,1H3/t9-/m1/s1. The summed E-state index contributed by atoms with van der Waals surface area (Å²) in [6.07, 6.45) is 0. The zero-order chi connectivity index (χ0) is 13.1. The molecule has 2 nitrogen and oxygen atoms in total. The number of rotatable bonds is 3. The molecule has 0 spiro atoms. The molecular weight excluding hydrogens is 253 g/mol. The van der Waals surface area contributed by atoms with Gasteiger partial charge in [-0.1, -0.05) is 23.7 Å². The summed E-state index contributed by atoms with van der Waals surface area (Å²) >= 11 is 5.78. The molecule has 0 aliphatic carbocycles. The maximum Gasteiger partial charge on any atom is 0.167 e. The summed E-state index contributed by atoms with van der Waals surface area (Å²) in [5, 5.41) is 0.600. The normalized spacial score (nSPS) is 12.2. The van der Waals surface area contributed by atoms with Crippen molar-refractivity contribution in [3.05, 3.63) is 58.9 Å². The summed E-state index contributed by atoms with van der Waals surface area (Å²) in [6, 6.07) is 11.1. The smallest absolute Gasteiger partial charge is 0.167 e. The van der Waals surface area contributed by atoms with Gasteiger partial charge in [0, 0.05) is 16.6 Å². The number of ether oxygens (including phenoxy) is 1. The fourth-order valence-electron chi connectivity index (χ4n) is 1.61. The van der Waals surface area contributed by atoms with Crippen molar-refractivity contribution in [3.63, 3.8) is 0 Å². The highest BCUT2D eigenvalue weighted by Crippen LogP contribution is 2.31. The van der Waals surface area contributed by atoms with Gasteiger partial charge in [-0.25, -0.2) is 4.39 Å². The van der Waals surface area contributed by atoms with E-state index in [4.69, 9.17) is 22.1 Å². The SMILES string of the molecule is C[C@@H](N)c1cccc(F)c1Oc1ccc(Cl)cc1. The average Bonchev–Trinajstić information content (AvgIpc) is 2.34. The molecule has 94 valence electrons. The molecule has 1 atom stereocenters. The summed E-state index contributed by atoms with van der Waals surface area (Å²) in [5.41, 5.74) is 6.42. The minimum atomic E-state index is -0.431. The highest BCUT2D eigenvalue weighted by molar-refractivity contribution is 6.30. The minimum absolute atomic E-state index is 0.162. The minimum Gasteiger partial charge on any atom is -0.454 e. The number of nitrogens with two attached hydrogens (primary N) is 1. The molecule has 2 aromatic rings. The van der Waals surface area contributed by atoms with E-state index in [1.54, 1.807) is 43.3 Å². The lowest BCUT2D eigenvalue weighted by Gasteiger charge is -2.14. The molecular formula is C14H13ClFNO. The lowest BCUT2D eigenvalue weighted by Crippen LogP contribution is -2.07. The Balaban J connectivity index is 2.36. The van der Waals surface area contributed by atoms with Crippen LogP contribution >= 0.6 is 11.6 Å². The van der Waals surface area contributed by atoms with Crippen LogP contribution in [0.15, 0.2) is 42.5 Å². The molecule has 0 heterocycles. The Morgan fingerprint density at radius 2 is 1.83 bits per heavy atom. The van der Waals surface area contributed by atoms with Gasteiger partial charge in [-0.2, -0.15) is 0 Å². The van der Waals surface area contributed by atoms with Gasteiger partial charge in [-0.3, -0.25) is 0 Å². The first kappa shape index (κ1) is 12.9. The van der Waals surface area contributed by atoms with Gasteiger partial charge in [-0.05, 0) is 37.3 Å². The quantitative estimate of drug-likeness (QED) is 0.898. The summed E-state index contributed by atoms with van der Waals surface area (Å²) in [5.74, 6) is 0.251. The fraction of sp³-hybridized carbons (Fsp3) is 0.143. The first-order chi connectivity index (χ1) is 8.58. The molecule has 4 heteroatoms. The molecule has 0 saturated heterocycles. The Bertz CT molecular complexity index is 540. The van der Waals surface area contributed by atoms with Crippen LogP contribution in [0, 0.1) is 5.82 Å². The first-order valence-electron chi connectivity index (χ1n) is 5.55. The maximum atomic E-state index is 13.8. The molecule has 2 N–H and O–H groups in total. The molecule has 0 aromatic heterocycles. The maximum absolute atomic E-state index is 13.8. The third kappa shape index (κ3) is 2.81. The highest BCUT2D eigenvalue weighted by Gasteiger charge is 2.13. The van der Waals surface area contributed by atoms with Gasteiger partial charge < -0.3 is 10.5 Å². The van der Waals surface area contributed by atoms with E-state index in [0.717, 1.165) is 0 Å². The molecule has 0 fully saturated rings. The van der Waals surface area contributed by atoms with Gasteiger partial charge in [-0.15, -0.1) is 0 Å². The topological polar surface area (TPSA) is 35.2 Å². The Labute approximate surface area is 110 Å². The molecule has 0 radical (unpaired) electrons. The zero-order valence-corrected chi connectivity index (χ0v) is 10.6. The van der Waals surface area contributed by atoms with Gasteiger partial charge >= 0.3 is 0 Å². The van der Waals surface area contributed by atoms with Gasteiger partial charge in [0.15, 0.2) is 11.6 Å². The van der Waals surface area contributed by atoms with Crippen LogP contribution in [0.5, 0.6) is 11.5 Å². The van der Waals surface area contributed by atoms with Gasteiger partial charge in [0.1, 0.15) is 5.75 Å². The molecule has 0 aliphatic rings. The molecule has 0 unspecified atom stereocenters. The van der Waals surface area contributed by atoms with E-state index < -0.39 is 5.82 Å². The Morgan fingerprint density at radius 3 is 2.44 bits per heavy atom. The second-order valence-electron chi connectivity index (χ2n) is 4.00. The van der Waals surface area contributed by atoms with E-state index in [1.807, 2.05) is 0 Å². The largest absolute Gasteiger partial charge is 0.454 e. The number of hydrogen-bond donors (Lipinski definition) is 1. The summed E-state index contributed by atoms with van der Waals surface area (Å²) in [7, 11) is 0. The zero-order valence-electron chi connectivity index (χ0n) is 9.86. The predicted molar refractivity (Wildman–Crippen MR) is 70.5 cm³/mol. The lowest BCUT2D eigenvalue weighted by molar-refractivity contribution is 0.432. The summed E-state index contributed by atoms with van der Waals surface area (Å²) < 4.78 is 19.3. The predicted octanol–water partition coefficient (Wildman–Crippen LogP) is 4.29. The van der Waals surface area contributed by atoms with Crippen LogP contribution in [0.1, 0.15) is 18.5 Å². The molecule has 0 saturated carbocycles. The number of hydrogen-bond acceptors (Lipinski definition) is 2. The monoisotopic (exact) mass is 265 g/mol. The fourth-order valence-corrected chi connectivity index (χ4v) is 1.74. The van der Waals surface area contributed by atoms with E-state index >= 15 is 0 Å². The van der Waals surface area contributed by atoms with Crippen LogP contribution in [0.4, 0.5) is 4.39 Å². The van der Waals surface area contributed by atoms with Crippen molar-refractivity contribution < 1.29 is 9.13 Å². The second kappa shape index (κ2) is 5.38. The van der Waals surface area contributed by atoms with E-state index in [1.165, 1.54) is 6.07 Å². The van der Waals surface area contributed by atoms with E-state index in [0.29, 0.717) is 16.3 Å². The van der Waals surface area contributed by atoms with Crippen molar-refractivity contribution in [2.45, 2.75) is 13.0 Å². The molecule has 2 rings (SSSR count). The molecule has 0 amide bonds. The van der Waals surface area contributed by atoms with Crippen LogP contribution < -0.4 is 10.5 Å². The van der Waals surface area contributed by atoms with Crippen molar-refractivity contribution in [1.29, 1.82) is 0 Å². The van der Waals surface area contributed by atoms with E-state index in [2.05, 4.69) is 0 Å². The van der Waals surface area contributed by atoms with Crippen molar-refractivity contribution in [1.82, 2.24) is 0 Å². The molecule has 18 heavy (non-hydrogen) atoms. The Hall–Kier alpha value is -1.58.